The number of amides is 3. The summed E-state index contributed by atoms with van der Waals surface area (Å²) in [5.41, 5.74) is 4.48. The third kappa shape index (κ3) is 5.61. The molecular formula is C14H25N3O4. The van der Waals surface area contributed by atoms with Gasteiger partial charge in [-0.05, 0) is 18.8 Å². The van der Waals surface area contributed by atoms with Gasteiger partial charge in [-0.3, -0.25) is 9.59 Å². The van der Waals surface area contributed by atoms with Gasteiger partial charge in [0.15, 0.2) is 0 Å². The molecule has 0 aromatic rings. The van der Waals surface area contributed by atoms with Crippen molar-refractivity contribution in [3.05, 3.63) is 0 Å². The lowest BCUT2D eigenvalue weighted by molar-refractivity contribution is -0.138. The summed E-state index contributed by atoms with van der Waals surface area (Å²) >= 11 is 0. The Kier molecular flexibility index (Phi) is 5.99. The predicted octanol–water partition coefficient (Wildman–Crippen LogP) is 0.927. The lowest BCUT2D eigenvalue weighted by atomic mass is 9.93. The van der Waals surface area contributed by atoms with Crippen LogP contribution in [0.5, 0.6) is 0 Å². The molecule has 1 aliphatic rings. The van der Waals surface area contributed by atoms with E-state index in [9.17, 15) is 14.4 Å². The normalized spacial score (nSPS) is 16.7. The van der Waals surface area contributed by atoms with E-state index in [0.29, 0.717) is 19.4 Å². The summed E-state index contributed by atoms with van der Waals surface area (Å²) < 4.78 is 0. The summed E-state index contributed by atoms with van der Waals surface area (Å²) in [7, 11) is 0. The number of aliphatic carboxylic acids is 1. The number of nitrogens with one attached hydrogen (secondary N) is 1. The molecule has 1 saturated carbocycles. The summed E-state index contributed by atoms with van der Waals surface area (Å²) in [6.45, 7) is 4.11. The average molecular weight is 299 g/mol. The molecule has 1 rings (SSSR count). The second-order valence-electron chi connectivity index (χ2n) is 6.23. The Hall–Kier alpha value is -1.79. The molecule has 7 nitrogen and oxygen atoms in total. The quantitative estimate of drug-likeness (QED) is 0.649. The molecule has 0 aromatic carbocycles. The van der Waals surface area contributed by atoms with E-state index in [-0.39, 0.29) is 18.9 Å². The van der Waals surface area contributed by atoms with Crippen molar-refractivity contribution in [3.8, 4) is 0 Å². The fourth-order valence-corrected chi connectivity index (χ4v) is 2.84. The van der Waals surface area contributed by atoms with Crippen LogP contribution in [0.1, 0.15) is 46.0 Å². The summed E-state index contributed by atoms with van der Waals surface area (Å²) in [5, 5.41) is 11.9. The van der Waals surface area contributed by atoms with Crippen LogP contribution in [-0.2, 0) is 9.59 Å². The molecule has 0 aromatic heterocycles. The van der Waals surface area contributed by atoms with Crippen molar-refractivity contribution >= 4 is 17.9 Å². The minimum absolute atomic E-state index is 0.0924. The van der Waals surface area contributed by atoms with Crippen molar-refractivity contribution < 1.29 is 19.5 Å². The molecule has 7 heteroatoms. The molecule has 0 unspecified atom stereocenters. The van der Waals surface area contributed by atoms with Gasteiger partial charge < -0.3 is 21.1 Å². The minimum atomic E-state index is -0.928. The van der Waals surface area contributed by atoms with E-state index >= 15 is 0 Å². The number of carbonyl (C=O) groups excluding carboxylic acids is 2. The van der Waals surface area contributed by atoms with Gasteiger partial charge in [-0.15, -0.1) is 0 Å². The number of nitrogens with zero attached hydrogens (tertiary/aromatic N) is 1. The van der Waals surface area contributed by atoms with E-state index in [2.05, 4.69) is 5.32 Å². The largest absolute Gasteiger partial charge is 0.481 e. The first-order valence-corrected chi connectivity index (χ1v) is 7.31. The topological polar surface area (TPSA) is 113 Å². The zero-order valence-electron chi connectivity index (χ0n) is 12.7. The lowest BCUT2D eigenvalue weighted by Crippen LogP contribution is -2.54. The molecule has 0 bridgehead atoms. The first-order valence-electron chi connectivity index (χ1n) is 7.31. The fourth-order valence-electron chi connectivity index (χ4n) is 2.84. The SMILES string of the molecule is CC(C)CN(CC(N)=O)C(=O)NC1(CC(=O)O)CCCC1. The molecule has 0 radical (unpaired) electrons. The van der Waals surface area contributed by atoms with Gasteiger partial charge >= 0.3 is 12.0 Å². The zero-order valence-corrected chi connectivity index (χ0v) is 12.7. The number of urea groups is 1. The number of hydrogen-bond donors (Lipinski definition) is 3. The van der Waals surface area contributed by atoms with Gasteiger partial charge in [0.25, 0.3) is 0 Å². The summed E-state index contributed by atoms with van der Waals surface area (Å²) in [4.78, 5) is 35.9. The van der Waals surface area contributed by atoms with Crippen LogP contribution in [0.2, 0.25) is 0 Å². The van der Waals surface area contributed by atoms with E-state index in [1.54, 1.807) is 0 Å². The fraction of sp³-hybridized carbons (Fsp3) is 0.786. The second-order valence-corrected chi connectivity index (χ2v) is 6.23. The first-order chi connectivity index (χ1) is 9.74. The van der Waals surface area contributed by atoms with Crippen molar-refractivity contribution in [1.82, 2.24) is 10.2 Å². The van der Waals surface area contributed by atoms with Gasteiger partial charge in [-0.2, -0.15) is 0 Å². The van der Waals surface area contributed by atoms with Crippen molar-refractivity contribution in [2.75, 3.05) is 13.1 Å². The molecule has 0 aliphatic heterocycles. The number of carbonyl (C=O) groups is 3. The lowest BCUT2D eigenvalue weighted by Gasteiger charge is -2.33. The number of hydrogen-bond acceptors (Lipinski definition) is 3. The van der Waals surface area contributed by atoms with Gasteiger partial charge in [0.2, 0.25) is 5.91 Å². The average Bonchev–Trinajstić information content (AvgIpc) is 2.74. The van der Waals surface area contributed by atoms with E-state index < -0.39 is 23.4 Å². The van der Waals surface area contributed by atoms with Crippen LogP contribution in [0.25, 0.3) is 0 Å². The Morgan fingerprint density at radius 3 is 2.29 bits per heavy atom. The number of carboxylic acids is 1. The Labute approximate surface area is 124 Å². The van der Waals surface area contributed by atoms with Crippen molar-refractivity contribution in [2.45, 2.75) is 51.5 Å². The van der Waals surface area contributed by atoms with Crippen molar-refractivity contribution in [2.24, 2.45) is 11.7 Å². The van der Waals surface area contributed by atoms with Crippen molar-refractivity contribution in [3.63, 3.8) is 0 Å². The first kappa shape index (κ1) is 17.3. The molecule has 0 atom stereocenters. The zero-order chi connectivity index (χ0) is 16.0. The van der Waals surface area contributed by atoms with E-state index in [1.165, 1.54) is 4.90 Å². The number of nitrogens with two attached hydrogens (primary N) is 1. The predicted molar refractivity (Wildman–Crippen MR) is 77.6 cm³/mol. The highest BCUT2D eigenvalue weighted by molar-refractivity contribution is 5.83. The Morgan fingerprint density at radius 1 is 1.29 bits per heavy atom. The van der Waals surface area contributed by atoms with Gasteiger partial charge in [0.1, 0.15) is 6.54 Å². The van der Waals surface area contributed by atoms with Crippen LogP contribution in [0, 0.1) is 5.92 Å². The molecule has 0 heterocycles. The monoisotopic (exact) mass is 299 g/mol. The van der Waals surface area contributed by atoms with Crippen LogP contribution in [0.4, 0.5) is 4.79 Å². The Balaban J connectivity index is 2.77. The summed E-state index contributed by atoms with van der Waals surface area (Å²) in [6, 6.07) is -0.411. The minimum Gasteiger partial charge on any atom is -0.481 e. The smallest absolute Gasteiger partial charge is 0.318 e. The number of rotatable bonds is 7. The van der Waals surface area contributed by atoms with Crippen LogP contribution < -0.4 is 11.1 Å². The molecule has 0 saturated heterocycles. The molecule has 1 aliphatic carbocycles. The molecular weight excluding hydrogens is 274 g/mol. The molecule has 3 amide bonds. The highest BCUT2D eigenvalue weighted by atomic mass is 16.4. The Bertz CT molecular complexity index is 403. The maximum atomic E-state index is 12.4. The maximum Gasteiger partial charge on any atom is 0.318 e. The van der Waals surface area contributed by atoms with Crippen LogP contribution in [0.15, 0.2) is 0 Å². The number of primary amides is 1. The standard InChI is InChI=1S/C14H25N3O4/c1-10(2)8-17(9-11(15)18)13(21)16-14(7-12(19)20)5-3-4-6-14/h10H,3-9H2,1-2H3,(H2,15,18)(H,16,21)(H,19,20). The van der Waals surface area contributed by atoms with Gasteiger partial charge in [0, 0.05) is 6.54 Å². The molecule has 0 spiro atoms. The highest BCUT2D eigenvalue weighted by Crippen LogP contribution is 2.32. The van der Waals surface area contributed by atoms with E-state index in [1.807, 2.05) is 13.8 Å². The van der Waals surface area contributed by atoms with Gasteiger partial charge in [-0.1, -0.05) is 26.7 Å². The second kappa shape index (κ2) is 7.28. The molecule has 120 valence electrons. The van der Waals surface area contributed by atoms with Crippen LogP contribution in [-0.4, -0.2) is 46.5 Å². The molecule has 4 N–H and O–H groups in total. The van der Waals surface area contributed by atoms with Crippen molar-refractivity contribution in [1.29, 1.82) is 0 Å². The third-order valence-corrected chi connectivity index (χ3v) is 3.64. The van der Waals surface area contributed by atoms with Crippen LogP contribution in [0.3, 0.4) is 0 Å². The van der Waals surface area contributed by atoms with E-state index in [4.69, 9.17) is 10.8 Å². The van der Waals surface area contributed by atoms with E-state index in [0.717, 1.165) is 12.8 Å². The maximum absolute atomic E-state index is 12.4. The third-order valence-electron chi connectivity index (χ3n) is 3.64. The van der Waals surface area contributed by atoms with Gasteiger partial charge in [0.05, 0.1) is 12.0 Å². The number of carboxylic acid groups (broad SMARTS) is 1. The molecule has 21 heavy (non-hydrogen) atoms. The highest BCUT2D eigenvalue weighted by Gasteiger charge is 2.38. The summed E-state index contributed by atoms with van der Waals surface area (Å²) in [5.74, 6) is -1.32. The Morgan fingerprint density at radius 2 is 1.86 bits per heavy atom. The summed E-state index contributed by atoms with van der Waals surface area (Å²) in [6.07, 6.45) is 3.00. The molecule has 1 fully saturated rings. The van der Waals surface area contributed by atoms with Gasteiger partial charge in [-0.25, -0.2) is 4.79 Å². The van der Waals surface area contributed by atoms with Crippen LogP contribution >= 0.6 is 0 Å².